The maximum absolute atomic E-state index is 11.1. The average Bonchev–Trinajstić information content (AvgIpc) is 2.39. The Morgan fingerprint density at radius 1 is 1.18 bits per heavy atom. The fourth-order valence-electron chi connectivity index (χ4n) is 1.46. The molecule has 1 heterocycles. The van der Waals surface area contributed by atoms with Gasteiger partial charge in [0.05, 0.1) is 0 Å². The zero-order valence-electron chi connectivity index (χ0n) is 9.01. The molecule has 0 bridgehead atoms. The maximum Gasteiger partial charge on any atom is 0.150 e. The summed E-state index contributed by atoms with van der Waals surface area (Å²) < 4.78 is 0. The standard InChI is InChI=1S/C14H10ClNO/c15-14-5-3-11(4-6-14)8-13(10-17)12-2-1-7-16-9-12/h1-10H. The number of rotatable bonds is 3. The minimum atomic E-state index is 0.598. The molecule has 0 atom stereocenters. The van der Waals surface area contributed by atoms with Crippen LogP contribution in [0.4, 0.5) is 0 Å². The number of aldehydes is 1. The first-order chi connectivity index (χ1) is 8.29. The van der Waals surface area contributed by atoms with E-state index in [2.05, 4.69) is 4.98 Å². The number of hydrogen-bond acceptors (Lipinski definition) is 2. The molecule has 0 N–H and O–H groups in total. The summed E-state index contributed by atoms with van der Waals surface area (Å²) in [7, 11) is 0. The Bertz CT molecular complexity index is 532. The van der Waals surface area contributed by atoms with Gasteiger partial charge in [-0.1, -0.05) is 29.8 Å². The fourth-order valence-corrected chi connectivity index (χ4v) is 1.58. The normalized spacial score (nSPS) is 11.2. The van der Waals surface area contributed by atoms with Gasteiger partial charge in [-0.15, -0.1) is 0 Å². The smallest absolute Gasteiger partial charge is 0.150 e. The van der Waals surface area contributed by atoms with Crippen LogP contribution in [0.3, 0.4) is 0 Å². The van der Waals surface area contributed by atoms with E-state index in [1.807, 2.05) is 18.2 Å². The highest BCUT2D eigenvalue weighted by atomic mass is 35.5. The second-order valence-corrected chi connectivity index (χ2v) is 3.95. The molecule has 0 fully saturated rings. The lowest BCUT2D eigenvalue weighted by molar-refractivity contribution is -0.103. The van der Waals surface area contributed by atoms with E-state index in [4.69, 9.17) is 11.6 Å². The van der Waals surface area contributed by atoms with E-state index < -0.39 is 0 Å². The third kappa shape index (κ3) is 3.02. The van der Waals surface area contributed by atoms with E-state index >= 15 is 0 Å². The third-order valence-electron chi connectivity index (χ3n) is 2.31. The van der Waals surface area contributed by atoms with E-state index in [1.165, 1.54) is 0 Å². The SMILES string of the molecule is O=CC(=Cc1ccc(Cl)cc1)c1cccnc1. The third-order valence-corrected chi connectivity index (χ3v) is 2.57. The Kier molecular flexibility index (Phi) is 3.68. The molecule has 0 unspecified atom stereocenters. The second kappa shape index (κ2) is 5.41. The predicted molar refractivity (Wildman–Crippen MR) is 69.6 cm³/mol. The van der Waals surface area contributed by atoms with Gasteiger partial charge in [0, 0.05) is 28.6 Å². The van der Waals surface area contributed by atoms with Gasteiger partial charge in [0.15, 0.2) is 6.29 Å². The fraction of sp³-hybridized carbons (Fsp3) is 0. The van der Waals surface area contributed by atoms with Gasteiger partial charge >= 0.3 is 0 Å². The number of pyridine rings is 1. The molecule has 17 heavy (non-hydrogen) atoms. The summed E-state index contributed by atoms with van der Waals surface area (Å²) in [6.45, 7) is 0. The number of allylic oxidation sites excluding steroid dienone is 1. The molecule has 2 nitrogen and oxygen atoms in total. The first-order valence-corrected chi connectivity index (χ1v) is 5.50. The van der Waals surface area contributed by atoms with Gasteiger partial charge in [0.1, 0.15) is 0 Å². The number of nitrogens with zero attached hydrogens (tertiary/aromatic N) is 1. The molecule has 1 aromatic carbocycles. The first kappa shape index (κ1) is 11.6. The van der Waals surface area contributed by atoms with Crippen molar-refractivity contribution >= 4 is 29.5 Å². The van der Waals surface area contributed by atoms with Crippen molar-refractivity contribution in [3.63, 3.8) is 0 Å². The molecule has 0 aliphatic heterocycles. The number of carbonyl (C=O) groups is 1. The lowest BCUT2D eigenvalue weighted by atomic mass is 10.1. The summed E-state index contributed by atoms with van der Waals surface area (Å²) in [5, 5.41) is 0.677. The summed E-state index contributed by atoms with van der Waals surface area (Å²) in [6.07, 6.45) is 5.97. The molecular formula is C14H10ClNO. The van der Waals surface area contributed by atoms with Crippen LogP contribution in [0.15, 0.2) is 48.8 Å². The highest BCUT2D eigenvalue weighted by Crippen LogP contribution is 2.17. The van der Waals surface area contributed by atoms with Crippen molar-refractivity contribution < 1.29 is 4.79 Å². The molecule has 1 aromatic heterocycles. The number of carbonyl (C=O) groups excluding carboxylic acids is 1. The molecule has 0 saturated heterocycles. The summed E-state index contributed by atoms with van der Waals surface area (Å²) in [6, 6.07) is 11.0. The lowest BCUT2D eigenvalue weighted by Crippen LogP contribution is -1.86. The predicted octanol–water partition coefficient (Wildman–Crippen LogP) is 3.47. The van der Waals surface area contributed by atoms with Gasteiger partial charge in [-0.3, -0.25) is 9.78 Å². The summed E-state index contributed by atoms with van der Waals surface area (Å²) in [5.41, 5.74) is 2.33. The van der Waals surface area contributed by atoms with Gasteiger partial charge in [0.25, 0.3) is 0 Å². The number of halogens is 1. The number of aromatic nitrogens is 1. The Morgan fingerprint density at radius 2 is 1.94 bits per heavy atom. The van der Waals surface area contributed by atoms with Gasteiger partial charge in [-0.05, 0) is 29.8 Å². The van der Waals surface area contributed by atoms with E-state index in [0.29, 0.717) is 10.6 Å². The van der Waals surface area contributed by atoms with Crippen LogP contribution < -0.4 is 0 Å². The molecule has 3 heteroatoms. The number of hydrogen-bond donors (Lipinski definition) is 0. The van der Waals surface area contributed by atoms with E-state index in [-0.39, 0.29) is 0 Å². The van der Waals surface area contributed by atoms with Crippen molar-refractivity contribution in [1.82, 2.24) is 4.98 Å². The van der Waals surface area contributed by atoms with Crippen LogP contribution in [0.1, 0.15) is 11.1 Å². The largest absolute Gasteiger partial charge is 0.298 e. The molecule has 2 rings (SSSR count). The van der Waals surface area contributed by atoms with Crippen LogP contribution in [-0.4, -0.2) is 11.3 Å². The van der Waals surface area contributed by atoms with Crippen LogP contribution in [0.2, 0.25) is 5.02 Å². The van der Waals surface area contributed by atoms with Crippen LogP contribution in [0.5, 0.6) is 0 Å². The molecule has 0 spiro atoms. The van der Waals surface area contributed by atoms with Gasteiger partial charge in [-0.25, -0.2) is 0 Å². The molecular weight excluding hydrogens is 234 g/mol. The van der Waals surface area contributed by atoms with Crippen molar-refractivity contribution in [2.45, 2.75) is 0 Å². The number of benzene rings is 1. The maximum atomic E-state index is 11.1. The zero-order chi connectivity index (χ0) is 12.1. The van der Waals surface area contributed by atoms with Gasteiger partial charge in [0.2, 0.25) is 0 Å². The molecule has 0 aliphatic rings. The minimum absolute atomic E-state index is 0.598. The van der Waals surface area contributed by atoms with E-state index in [9.17, 15) is 4.79 Å². The summed E-state index contributed by atoms with van der Waals surface area (Å²) >= 11 is 5.80. The molecule has 0 saturated carbocycles. The summed E-state index contributed by atoms with van der Waals surface area (Å²) in [4.78, 5) is 15.0. The van der Waals surface area contributed by atoms with Crippen molar-refractivity contribution in [2.24, 2.45) is 0 Å². The van der Waals surface area contributed by atoms with Crippen LogP contribution in [0.25, 0.3) is 11.6 Å². The Hall–Kier alpha value is -1.93. The van der Waals surface area contributed by atoms with Crippen molar-refractivity contribution in [1.29, 1.82) is 0 Å². The molecule has 2 aromatic rings. The minimum Gasteiger partial charge on any atom is -0.298 e. The highest BCUT2D eigenvalue weighted by molar-refractivity contribution is 6.30. The topological polar surface area (TPSA) is 30.0 Å². The molecule has 0 amide bonds. The van der Waals surface area contributed by atoms with Crippen LogP contribution >= 0.6 is 11.6 Å². The summed E-state index contributed by atoms with van der Waals surface area (Å²) in [5.74, 6) is 0. The average molecular weight is 244 g/mol. The van der Waals surface area contributed by atoms with Gasteiger partial charge < -0.3 is 0 Å². The van der Waals surface area contributed by atoms with Gasteiger partial charge in [-0.2, -0.15) is 0 Å². The lowest BCUT2D eigenvalue weighted by Gasteiger charge is -2.00. The Balaban J connectivity index is 2.36. The van der Waals surface area contributed by atoms with E-state index in [1.54, 1.807) is 36.7 Å². The highest BCUT2D eigenvalue weighted by Gasteiger charge is 2.00. The molecule has 0 radical (unpaired) electrons. The second-order valence-electron chi connectivity index (χ2n) is 3.51. The quantitative estimate of drug-likeness (QED) is 0.610. The van der Waals surface area contributed by atoms with Crippen molar-refractivity contribution in [3.8, 4) is 0 Å². The zero-order valence-corrected chi connectivity index (χ0v) is 9.76. The van der Waals surface area contributed by atoms with Crippen molar-refractivity contribution in [2.75, 3.05) is 0 Å². The van der Waals surface area contributed by atoms with Crippen molar-refractivity contribution in [3.05, 3.63) is 64.9 Å². The first-order valence-electron chi connectivity index (χ1n) is 5.12. The van der Waals surface area contributed by atoms with Crippen LogP contribution in [0, 0.1) is 0 Å². The van der Waals surface area contributed by atoms with E-state index in [0.717, 1.165) is 17.4 Å². The molecule has 0 aliphatic carbocycles. The monoisotopic (exact) mass is 243 g/mol. The Labute approximate surface area is 105 Å². The van der Waals surface area contributed by atoms with Crippen LogP contribution in [-0.2, 0) is 4.79 Å². The Morgan fingerprint density at radius 3 is 2.53 bits per heavy atom. The molecule has 84 valence electrons.